The van der Waals surface area contributed by atoms with Gasteiger partial charge in [-0.05, 0) is 23.8 Å². The Bertz CT molecular complexity index is 806. The number of hydrogen-bond donors (Lipinski definition) is 1. The first-order chi connectivity index (χ1) is 9.65. The molecule has 0 aliphatic carbocycles. The highest BCUT2D eigenvalue weighted by atomic mass is 16.3. The molecule has 6 heteroatoms. The minimum absolute atomic E-state index is 0.107. The molecule has 20 heavy (non-hydrogen) atoms. The van der Waals surface area contributed by atoms with Crippen LogP contribution in [0.4, 0.5) is 5.95 Å². The Hall–Kier alpha value is -2.89. The van der Waals surface area contributed by atoms with E-state index in [1.807, 2.05) is 6.07 Å². The van der Waals surface area contributed by atoms with Crippen molar-refractivity contribution in [3.05, 3.63) is 53.3 Å². The van der Waals surface area contributed by atoms with E-state index in [1.165, 1.54) is 10.6 Å². The lowest BCUT2D eigenvalue weighted by Gasteiger charge is -2.07. The van der Waals surface area contributed by atoms with E-state index in [1.54, 1.807) is 37.8 Å². The first kappa shape index (κ1) is 12.2. The van der Waals surface area contributed by atoms with Crippen molar-refractivity contribution in [2.24, 2.45) is 7.05 Å². The summed E-state index contributed by atoms with van der Waals surface area (Å²) in [7, 11) is 1.69. The van der Waals surface area contributed by atoms with Gasteiger partial charge in [-0.2, -0.15) is 0 Å². The van der Waals surface area contributed by atoms with Gasteiger partial charge in [-0.15, -0.1) is 0 Å². The summed E-state index contributed by atoms with van der Waals surface area (Å²) < 4.78 is 6.86. The average Bonchev–Trinajstić information content (AvgIpc) is 2.96. The number of pyridine rings is 1. The van der Waals surface area contributed by atoms with Crippen LogP contribution in [0, 0.1) is 0 Å². The number of aromatic nitrogens is 3. The number of nitrogen functional groups attached to an aromatic ring is 1. The van der Waals surface area contributed by atoms with E-state index in [-0.39, 0.29) is 11.5 Å². The summed E-state index contributed by atoms with van der Waals surface area (Å²) in [5.74, 6) is 0.735. The van der Waals surface area contributed by atoms with E-state index < -0.39 is 0 Å². The summed E-state index contributed by atoms with van der Waals surface area (Å²) in [5.41, 5.74) is 7.52. The highest BCUT2D eigenvalue weighted by molar-refractivity contribution is 5.78. The molecule has 3 aromatic heterocycles. The highest BCUT2D eigenvalue weighted by Gasteiger charge is 2.13. The van der Waals surface area contributed by atoms with Gasteiger partial charge >= 0.3 is 0 Å². The lowest BCUT2D eigenvalue weighted by molar-refractivity contribution is 0.580. The molecule has 0 bridgehead atoms. The van der Waals surface area contributed by atoms with Crippen LogP contribution >= 0.6 is 0 Å². The normalized spacial score (nSPS) is 10.7. The molecule has 0 aliphatic rings. The predicted octanol–water partition coefficient (Wildman–Crippen LogP) is 1.68. The topological polar surface area (TPSA) is 86.9 Å². The van der Waals surface area contributed by atoms with Crippen molar-refractivity contribution in [3.8, 4) is 22.6 Å². The Labute approximate surface area is 114 Å². The molecule has 3 rings (SSSR count). The van der Waals surface area contributed by atoms with E-state index in [0.29, 0.717) is 17.0 Å². The SMILES string of the molecule is Cn1ccc(-c2cnc(N)nc2-c2ccco2)cc1=O. The molecule has 0 aliphatic heterocycles. The Kier molecular flexibility index (Phi) is 2.83. The second-order valence-electron chi connectivity index (χ2n) is 4.33. The van der Waals surface area contributed by atoms with Gasteiger partial charge in [0, 0.05) is 31.1 Å². The molecule has 0 spiro atoms. The Balaban J connectivity index is 2.23. The first-order valence-electron chi connectivity index (χ1n) is 5.98. The smallest absolute Gasteiger partial charge is 0.250 e. The lowest BCUT2D eigenvalue weighted by Crippen LogP contribution is -2.14. The molecule has 0 aromatic carbocycles. The van der Waals surface area contributed by atoms with Gasteiger partial charge in [0.1, 0.15) is 5.69 Å². The minimum Gasteiger partial charge on any atom is -0.463 e. The van der Waals surface area contributed by atoms with Crippen molar-refractivity contribution < 1.29 is 4.42 Å². The standard InChI is InChI=1S/C14H12N4O2/c1-18-5-4-9(7-12(18)19)10-8-16-14(15)17-13(10)11-3-2-6-20-11/h2-8H,1H3,(H2,15,16,17). The molecule has 0 atom stereocenters. The van der Waals surface area contributed by atoms with E-state index in [9.17, 15) is 4.79 Å². The molecular formula is C14H12N4O2. The molecule has 3 heterocycles. The van der Waals surface area contributed by atoms with Crippen molar-refractivity contribution in [1.82, 2.24) is 14.5 Å². The molecule has 6 nitrogen and oxygen atoms in total. The molecular weight excluding hydrogens is 256 g/mol. The van der Waals surface area contributed by atoms with Crippen molar-refractivity contribution in [2.75, 3.05) is 5.73 Å². The van der Waals surface area contributed by atoms with Crippen LogP contribution < -0.4 is 11.3 Å². The van der Waals surface area contributed by atoms with E-state index in [0.717, 1.165) is 5.56 Å². The second-order valence-corrected chi connectivity index (χ2v) is 4.33. The second kappa shape index (κ2) is 4.65. The van der Waals surface area contributed by atoms with Gasteiger partial charge in [-0.25, -0.2) is 9.97 Å². The first-order valence-corrected chi connectivity index (χ1v) is 5.98. The number of nitrogens with two attached hydrogens (primary N) is 1. The predicted molar refractivity (Wildman–Crippen MR) is 74.8 cm³/mol. The summed E-state index contributed by atoms with van der Waals surface area (Å²) in [5, 5.41) is 0. The molecule has 0 amide bonds. The van der Waals surface area contributed by atoms with Crippen molar-refractivity contribution in [3.63, 3.8) is 0 Å². The van der Waals surface area contributed by atoms with Crippen LogP contribution in [0.2, 0.25) is 0 Å². The Morgan fingerprint density at radius 1 is 1.35 bits per heavy atom. The maximum atomic E-state index is 11.8. The zero-order valence-corrected chi connectivity index (χ0v) is 10.8. The van der Waals surface area contributed by atoms with Gasteiger partial charge in [0.2, 0.25) is 5.95 Å². The van der Waals surface area contributed by atoms with Crippen LogP contribution in [0.3, 0.4) is 0 Å². The van der Waals surface area contributed by atoms with Crippen LogP contribution in [0.15, 0.2) is 52.1 Å². The van der Waals surface area contributed by atoms with Gasteiger partial charge < -0.3 is 14.7 Å². The summed E-state index contributed by atoms with van der Waals surface area (Å²) in [6.45, 7) is 0. The zero-order valence-electron chi connectivity index (χ0n) is 10.8. The van der Waals surface area contributed by atoms with Gasteiger partial charge in [0.15, 0.2) is 5.76 Å². The Morgan fingerprint density at radius 3 is 2.90 bits per heavy atom. The number of aryl methyl sites for hydroxylation is 1. The van der Waals surface area contributed by atoms with Crippen LogP contribution in [-0.2, 0) is 7.05 Å². The molecule has 3 aromatic rings. The third kappa shape index (κ3) is 2.07. The van der Waals surface area contributed by atoms with Crippen LogP contribution in [-0.4, -0.2) is 14.5 Å². The zero-order chi connectivity index (χ0) is 14.1. The summed E-state index contributed by atoms with van der Waals surface area (Å²) in [4.78, 5) is 20.0. The van der Waals surface area contributed by atoms with Crippen LogP contribution in [0.1, 0.15) is 0 Å². The fourth-order valence-electron chi connectivity index (χ4n) is 1.92. The third-order valence-electron chi connectivity index (χ3n) is 2.98. The molecule has 0 unspecified atom stereocenters. The number of anilines is 1. The van der Waals surface area contributed by atoms with Crippen LogP contribution in [0.5, 0.6) is 0 Å². The van der Waals surface area contributed by atoms with Gasteiger partial charge in [-0.3, -0.25) is 4.79 Å². The lowest BCUT2D eigenvalue weighted by atomic mass is 10.1. The van der Waals surface area contributed by atoms with Crippen LogP contribution in [0.25, 0.3) is 22.6 Å². The largest absolute Gasteiger partial charge is 0.463 e. The van der Waals surface area contributed by atoms with Crippen molar-refractivity contribution in [2.45, 2.75) is 0 Å². The fraction of sp³-hybridized carbons (Fsp3) is 0.0714. The Morgan fingerprint density at radius 2 is 2.20 bits per heavy atom. The molecule has 2 N–H and O–H groups in total. The molecule has 0 saturated carbocycles. The average molecular weight is 268 g/mol. The summed E-state index contributed by atoms with van der Waals surface area (Å²) in [6, 6.07) is 6.90. The monoisotopic (exact) mass is 268 g/mol. The number of hydrogen-bond acceptors (Lipinski definition) is 5. The third-order valence-corrected chi connectivity index (χ3v) is 2.98. The summed E-state index contributed by atoms with van der Waals surface area (Å²) >= 11 is 0. The highest BCUT2D eigenvalue weighted by Crippen LogP contribution is 2.29. The molecule has 0 fully saturated rings. The van der Waals surface area contributed by atoms with Crippen molar-refractivity contribution in [1.29, 1.82) is 0 Å². The van der Waals surface area contributed by atoms with Crippen molar-refractivity contribution >= 4 is 5.95 Å². The van der Waals surface area contributed by atoms with Gasteiger partial charge in [0.05, 0.1) is 6.26 Å². The number of furan rings is 1. The maximum absolute atomic E-state index is 11.8. The van der Waals surface area contributed by atoms with E-state index >= 15 is 0 Å². The number of rotatable bonds is 2. The quantitative estimate of drug-likeness (QED) is 0.764. The maximum Gasteiger partial charge on any atom is 0.250 e. The van der Waals surface area contributed by atoms with Gasteiger partial charge in [-0.1, -0.05) is 0 Å². The van der Waals surface area contributed by atoms with E-state index in [2.05, 4.69) is 9.97 Å². The molecule has 0 radical (unpaired) electrons. The summed E-state index contributed by atoms with van der Waals surface area (Å²) in [6.07, 6.45) is 4.84. The number of nitrogens with zero attached hydrogens (tertiary/aromatic N) is 3. The van der Waals surface area contributed by atoms with Gasteiger partial charge in [0.25, 0.3) is 5.56 Å². The minimum atomic E-state index is -0.107. The molecule has 0 saturated heterocycles. The fourth-order valence-corrected chi connectivity index (χ4v) is 1.92. The molecule has 100 valence electrons. The van der Waals surface area contributed by atoms with E-state index in [4.69, 9.17) is 10.2 Å².